The van der Waals surface area contributed by atoms with E-state index in [1.807, 2.05) is 30.3 Å². The minimum absolute atomic E-state index is 0.275. The van der Waals surface area contributed by atoms with E-state index in [1.54, 1.807) is 11.1 Å². The molecule has 0 saturated carbocycles. The second-order valence-corrected chi connectivity index (χ2v) is 6.30. The predicted octanol–water partition coefficient (Wildman–Crippen LogP) is 2.88. The predicted molar refractivity (Wildman–Crippen MR) is 110 cm³/mol. The number of carbonyl (C=O) groups is 1. The highest BCUT2D eigenvalue weighted by Crippen LogP contribution is 2.42. The molecule has 0 fully saturated rings. The number of nitrogens with two attached hydrogens (primary N) is 1. The fourth-order valence-corrected chi connectivity index (χ4v) is 3.17. The lowest BCUT2D eigenvalue weighted by Crippen LogP contribution is -2.48. The molecule has 1 aliphatic rings. The van der Waals surface area contributed by atoms with Crippen LogP contribution in [0.1, 0.15) is 0 Å². The molecule has 0 aliphatic carbocycles. The Morgan fingerprint density at radius 3 is 2.96 bits per heavy atom. The van der Waals surface area contributed by atoms with Crippen molar-refractivity contribution in [3.63, 3.8) is 0 Å². The average molecular weight is 394 g/mol. The summed E-state index contributed by atoms with van der Waals surface area (Å²) < 4.78 is 0. The highest BCUT2D eigenvalue weighted by Gasteiger charge is 2.32. The van der Waals surface area contributed by atoms with Gasteiger partial charge in [-0.3, -0.25) is 9.78 Å². The zero-order valence-electron chi connectivity index (χ0n) is 14.6. The normalized spacial score (nSPS) is 16.1. The summed E-state index contributed by atoms with van der Waals surface area (Å²) in [6, 6.07) is 9.72. The molecule has 1 aromatic carbocycles. The number of benzene rings is 1. The third-order valence-corrected chi connectivity index (χ3v) is 4.44. The number of fused-ring (bicyclic) bond motifs is 2. The lowest BCUT2D eigenvalue weighted by Gasteiger charge is -2.38. The summed E-state index contributed by atoms with van der Waals surface area (Å²) in [5.41, 5.74) is 9.93. The summed E-state index contributed by atoms with van der Waals surface area (Å²) in [6.45, 7) is 4.14. The third kappa shape index (κ3) is 3.10. The van der Waals surface area contributed by atoms with Crippen LogP contribution in [0, 0.1) is 0 Å². The maximum absolute atomic E-state index is 12.0. The molecular formula is C19H16ClN7O. The van der Waals surface area contributed by atoms with Crippen LogP contribution >= 0.6 is 11.6 Å². The highest BCUT2D eigenvalue weighted by molar-refractivity contribution is 6.26. The van der Waals surface area contributed by atoms with Gasteiger partial charge in [0.2, 0.25) is 5.91 Å². The summed E-state index contributed by atoms with van der Waals surface area (Å²) in [4.78, 5) is 26.6. The van der Waals surface area contributed by atoms with E-state index >= 15 is 0 Å². The molecule has 0 saturated heterocycles. The van der Waals surface area contributed by atoms with Crippen molar-refractivity contribution in [1.29, 1.82) is 0 Å². The number of para-hydroxylation sites is 1. The third-order valence-electron chi connectivity index (χ3n) is 4.31. The van der Waals surface area contributed by atoms with Gasteiger partial charge in [-0.1, -0.05) is 36.4 Å². The van der Waals surface area contributed by atoms with Crippen molar-refractivity contribution in [3.8, 4) is 0 Å². The Morgan fingerprint density at radius 2 is 2.14 bits per heavy atom. The van der Waals surface area contributed by atoms with E-state index in [1.165, 1.54) is 12.4 Å². The first kappa shape index (κ1) is 17.7. The van der Waals surface area contributed by atoms with Gasteiger partial charge in [-0.2, -0.15) is 0 Å². The number of nitrogens with zero attached hydrogens (tertiary/aromatic N) is 4. The fourth-order valence-electron chi connectivity index (χ4n) is 3.05. The number of nitrogen functional groups attached to an aromatic ring is 1. The Labute approximate surface area is 165 Å². The molecule has 9 heteroatoms. The molecule has 8 nitrogen and oxygen atoms in total. The first-order valence-corrected chi connectivity index (χ1v) is 8.80. The molecule has 0 bridgehead atoms. The molecule has 4 rings (SSSR count). The SMILES string of the molecule is C=C1C(NC(=O)C=CCl)Nc2ncnc(N)c2N1c1cnc2ccccc2c1. The van der Waals surface area contributed by atoms with E-state index in [4.69, 9.17) is 17.3 Å². The average Bonchev–Trinajstić information content (AvgIpc) is 2.69. The summed E-state index contributed by atoms with van der Waals surface area (Å²) in [5, 5.41) is 6.85. The van der Waals surface area contributed by atoms with Crippen LogP contribution in [0.3, 0.4) is 0 Å². The molecule has 2 aromatic heterocycles. The molecule has 1 unspecified atom stereocenters. The summed E-state index contributed by atoms with van der Waals surface area (Å²) in [6.07, 6.45) is 3.65. The van der Waals surface area contributed by atoms with Gasteiger partial charge < -0.3 is 21.3 Å². The maximum atomic E-state index is 12.0. The summed E-state index contributed by atoms with van der Waals surface area (Å²) in [7, 11) is 0. The molecule has 3 heterocycles. The van der Waals surface area contributed by atoms with Crippen LogP contribution in [0.5, 0.6) is 0 Å². The molecule has 28 heavy (non-hydrogen) atoms. The Kier molecular flexibility index (Phi) is 4.54. The van der Waals surface area contributed by atoms with Gasteiger partial charge in [-0.15, -0.1) is 0 Å². The minimum atomic E-state index is -0.631. The number of hydrogen-bond acceptors (Lipinski definition) is 7. The standard InChI is InChI=1S/C19H16ClN7O/c1-11-18(25-15(28)6-7-20)26-19-16(17(21)23-10-24-19)27(11)13-8-12-4-2-3-5-14(12)22-9-13/h2-10,18H,1H2,(H,25,28)(H3,21,23,24,26). The van der Waals surface area contributed by atoms with Gasteiger partial charge in [0.15, 0.2) is 11.6 Å². The Bertz CT molecular complexity index is 1110. The molecule has 4 N–H and O–H groups in total. The zero-order valence-corrected chi connectivity index (χ0v) is 15.4. The fraction of sp³-hybridized carbons (Fsp3) is 0.0526. The highest BCUT2D eigenvalue weighted by atomic mass is 35.5. The number of halogens is 1. The Balaban J connectivity index is 1.82. The first-order valence-electron chi connectivity index (χ1n) is 8.36. The van der Waals surface area contributed by atoms with Crippen LogP contribution in [0.15, 0.2) is 66.7 Å². The minimum Gasteiger partial charge on any atom is -0.382 e. The van der Waals surface area contributed by atoms with Gasteiger partial charge >= 0.3 is 0 Å². The van der Waals surface area contributed by atoms with Crippen molar-refractivity contribution in [2.24, 2.45) is 0 Å². The first-order chi connectivity index (χ1) is 13.6. The van der Waals surface area contributed by atoms with Gasteiger partial charge in [-0.25, -0.2) is 9.97 Å². The molecule has 140 valence electrons. The molecule has 1 amide bonds. The van der Waals surface area contributed by atoms with Crippen LogP contribution in [0.4, 0.5) is 23.0 Å². The van der Waals surface area contributed by atoms with Crippen molar-refractivity contribution in [2.75, 3.05) is 16.0 Å². The van der Waals surface area contributed by atoms with Crippen molar-refractivity contribution < 1.29 is 4.79 Å². The topological polar surface area (TPSA) is 109 Å². The van der Waals surface area contributed by atoms with E-state index in [-0.39, 0.29) is 11.7 Å². The van der Waals surface area contributed by atoms with Crippen molar-refractivity contribution in [1.82, 2.24) is 20.3 Å². The molecule has 0 spiro atoms. The molecular weight excluding hydrogens is 378 g/mol. The van der Waals surface area contributed by atoms with Gasteiger partial charge in [-0.05, 0) is 12.1 Å². The van der Waals surface area contributed by atoms with E-state index in [0.29, 0.717) is 17.2 Å². The molecule has 1 atom stereocenters. The number of amides is 1. The van der Waals surface area contributed by atoms with Crippen LogP contribution in [-0.4, -0.2) is 27.0 Å². The van der Waals surface area contributed by atoms with E-state index in [0.717, 1.165) is 22.1 Å². The molecule has 3 aromatic rings. The smallest absolute Gasteiger partial charge is 0.246 e. The van der Waals surface area contributed by atoms with Gasteiger partial charge in [0.05, 0.1) is 23.1 Å². The van der Waals surface area contributed by atoms with E-state index in [2.05, 4.69) is 32.2 Å². The molecule has 1 aliphatic heterocycles. The van der Waals surface area contributed by atoms with Crippen LogP contribution in [0.2, 0.25) is 0 Å². The van der Waals surface area contributed by atoms with Crippen molar-refractivity contribution in [2.45, 2.75) is 6.17 Å². The quantitative estimate of drug-likeness (QED) is 0.587. The second-order valence-electron chi connectivity index (χ2n) is 6.05. The number of aromatic nitrogens is 3. The number of hydrogen-bond donors (Lipinski definition) is 3. The largest absolute Gasteiger partial charge is 0.382 e. The Hall–Kier alpha value is -3.65. The van der Waals surface area contributed by atoms with Gasteiger partial charge in [0.25, 0.3) is 0 Å². The Morgan fingerprint density at radius 1 is 1.32 bits per heavy atom. The number of rotatable bonds is 3. The monoisotopic (exact) mass is 393 g/mol. The second kappa shape index (κ2) is 7.16. The number of anilines is 4. The van der Waals surface area contributed by atoms with Crippen LogP contribution in [-0.2, 0) is 4.79 Å². The number of carbonyl (C=O) groups excluding carboxylic acids is 1. The molecule has 0 radical (unpaired) electrons. The maximum Gasteiger partial charge on any atom is 0.246 e. The van der Waals surface area contributed by atoms with Crippen LogP contribution < -0.4 is 21.3 Å². The van der Waals surface area contributed by atoms with Gasteiger partial charge in [0, 0.05) is 17.0 Å². The number of nitrogens with one attached hydrogen (secondary N) is 2. The summed E-state index contributed by atoms with van der Waals surface area (Å²) >= 11 is 5.49. The van der Waals surface area contributed by atoms with Crippen molar-refractivity contribution >= 4 is 51.4 Å². The van der Waals surface area contributed by atoms with E-state index < -0.39 is 6.17 Å². The lowest BCUT2D eigenvalue weighted by molar-refractivity contribution is -0.116. The van der Waals surface area contributed by atoms with Crippen LogP contribution in [0.25, 0.3) is 10.9 Å². The van der Waals surface area contributed by atoms with Gasteiger partial charge in [0.1, 0.15) is 18.2 Å². The van der Waals surface area contributed by atoms with E-state index in [9.17, 15) is 4.79 Å². The lowest BCUT2D eigenvalue weighted by atomic mass is 10.1. The zero-order chi connectivity index (χ0) is 19.7. The number of pyridine rings is 1. The van der Waals surface area contributed by atoms with Crippen molar-refractivity contribution in [3.05, 3.63) is 66.7 Å². The summed E-state index contributed by atoms with van der Waals surface area (Å²) in [5.74, 6) is 0.362.